The molecule has 58 valence electrons. The van der Waals surface area contributed by atoms with Gasteiger partial charge in [-0.3, -0.25) is 0 Å². The van der Waals surface area contributed by atoms with Crippen molar-refractivity contribution in [3.63, 3.8) is 0 Å². The largest absolute Gasteiger partial charge is 0.434 e. The fourth-order valence-electron chi connectivity index (χ4n) is 0.491. The number of halogens is 1. The Kier molecular flexibility index (Phi) is 3.75. The van der Waals surface area contributed by atoms with E-state index in [4.69, 9.17) is 5.73 Å². The first-order valence-corrected chi connectivity index (χ1v) is 2.57. The Morgan fingerprint density at radius 3 is 2.80 bits per heavy atom. The van der Waals surface area contributed by atoms with E-state index < -0.39 is 5.76 Å². The Hall–Kier alpha value is -0.810. The molecule has 0 aliphatic rings. The summed E-state index contributed by atoms with van der Waals surface area (Å²) < 4.78 is 4.52. The van der Waals surface area contributed by atoms with Crippen LogP contribution >= 0.6 is 12.4 Å². The molecule has 1 rings (SSSR count). The molecule has 0 bridgehead atoms. The molecule has 0 unspecified atom stereocenters. The van der Waals surface area contributed by atoms with Gasteiger partial charge in [-0.1, -0.05) is 0 Å². The standard InChI is InChI=1S/C4H7N3O2.ClH/c5-2-1-3-6-7-4(8)9-3;/h1-2,5H2,(H,7,8);1H. The van der Waals surface area contributed by atoms with Crippen LogP contribution in [0.3, 0.4) is 0 Å². The van der Waals surface area contributed by atoms with Crippen molar-refractivity contribution in [3.8, 4) is 0 Å². The number of rotatable bonds is 2. The summed E-state index contributed by atoms with van der Waals surface area (Å²) in [5, 5.41) is 5.65. The van der Waals surface area contributed by atoms with Gasteiger partial charge in [-0.05, 0) is 0 Å². The van der Waals surface area contributed by atoms with Crippen molar-refractivity contribution >= 4 is 12.4 Å². The maximum atomic E-state index is 10.2. The molecule has 0 aromatic carbocycles. The fourth-order valence-corrected chi connectivity index (χ4v) is 0.491. The predicted molar refractivity (Wildman–Crippen MR) is 37.1 cm³/mol. The molecule has 0 saturated heterocycles. The summed E-state index contributed by atoms with van der Waals surface area (Å²) >= 11 is 0. The molecule has 1 heterocycles. The first-order chi connectivity index (χ1) is 4.33. The molecule has 5 nitrogen and oxygen atoms in total. The second kappa shape index (κ2) is 4.08. The van der Waals surface area contributed by atoms with Gasteiger partial charge in [0, 0.05) is 13.0 Å². The van der Waals surface area contributed by atoms with Gasteiger partial charge >= 0.3 is 5.76 Å². The maximum Gasteiger partial charge on any atom is 0.434 e. The number of nitrogens with two attached hydrogens (primary N) is 1. The van der Waals surface area contributed by atoms with E-state index >= 15 is 0 Å². The lowest BCUT2D eigenvalue weighted by atomic mass is 10.4. The minimum Gasteiger partial charge on any atom is -0.392 e. The second-order valence-electron chi connectivity index (χ2n) is 1.55. The van der Waals surface area contributed by atoms with Gasteiger partial charge in [0.2, 0.25) is 5.89 Å². The summed E-state index contributed by atoms with van der Waals surface area (Å²) in [4.78, 5) is 10.2. The molecule has 0 atom stereocenters. The Balaban J connectivity index is 0.000000810. The Labute approximate surface area is 63.0 Å². The normalized spacial score (nSPS) is 8.90. The molecule has 0 fully saturated rings. The molecular formula is C4H8ClN3O2. The lowest BCUT2D eigenvalue weighted by Crippen LogP contribution is -2.02. The molecule has 0 aliphatic carbocycles. The van der Waals surface area contributed by atoms with E-state index in [0.717, 1.165) is 0 Å². The van der Waals surface area contributed by atoms with Crippen LogP contribution in [0, 0.1) is 0 Å². The van der Waals surface area contributed by atoms with Crippen LogP contribution in [-0.4, -0.2) is 16.7 Å². The minimum absolute atomic E-state index is 0. The number of hydrogen-bond donors (Lipinski definition) is 2. The van der Waals surface area contributed by atoms with Gasteiger partial charge in [0.05, 0.1) is 0 Å². The summed E-state index contributed by atoms with van der Waals surface area (Å²) in [5.41, 5.74) is 5.15. The highest BCUT2D eigenvalue weighted by atomic mass is 35.5. The van der Waals surface area contributed by atoms with E-state index in [1.807, 2.05) is 0 Å². The van der Waals surface area contributed by atoms with E-state index in [2.05, 4.69) is 14.6 Å². The Morgan fingerprint density at radius 1 is 1.70 bits per heavy atom. The maximum absolute atomic E-state index is 10.2. The number of aromatic amines is 1. The number of nitrogens with zero attached hydrogens (tertiary/aromatic N) is 1. The van der Waals surface area contributed by atoms with Crippen LogP contribution in [0.25, 0.3) is 0 Å². The van der Waals surface area contributed by atoms with Crippen molar-refractivity contribution in [2.24, 2.45) is 5.73 Å². The summed E-state index contributed by atoms with van der Waals surface area (Å²) in [6.45, 7) is 0.438. The Morgan fingerprint density at radius 2 is 2.40 bits per heavy atom. The molecule has 10 heavy (non-hydrogen) atoms. The number of hydrogen-bond acceptors (Lipinski definition) is 4. The first kappa shape index (κ1) is 9.19. The number of H-pyrrole nitrogens is 1. The second-order valence-corrected chi connectivity index (χ2v) is 1.55. The summed E-state index contributed by atoms with van der Waals surface area (Å²) in [7, 11) is 0. The third-order valence-electron chi connectivity index (χ3n) is 0.841. The summed E-state index contributed by atoms with van der Waals surface area (Å²) in [6.07, 6.45) is 0.499. The molecule has 0 saturated carbocycles. The van der Waals surface area contributed by atoms with Gasteiger partial charge in [-0.25, -0.2) is 9.89 Å². The van der Waals surface area contributed by atoms with Crippen molar-refractivity contribution in [1.29, 1.82) is 0 Å². The van der Waals surface area contributed by atoms with Crippen molar-refractivity contribution in [1.82, 2.24) is 10.2 Å². The van der Waals surface area contributed by atoms with Crippen LogP contribution in [0.4, 0.5) is 0 Å². The van der Waals surface area contributed by atoms with Crippen LogP contribution in [-0.2, 0) is 6.42 Å². The molecule has 0 amide bonds. The zero-order valence-corrected chi connectivity index (χ0v) is 5.98. The van der Waals surface area contributed by atoms with Crippen LogP contribution in [0.15, 0.2) is 9.21 Å². The molecule has 6 heteroatoms. The van der Waals surface area contributed by atoms with Gasteiger partial charge in [0.1, 0.15) is 0 Å². The minimum atomic E-state index is -0.529. The van der Waals surface area contributed by atoms with Crippen LogP contribution in [0.2, 0.25) is 0 Å². The molecule has 1 aromatic heterocycles. The lowest BCUT2D eigenvalue weighted by Gasteiger charge is -1.82. The van der Waals surface area contributed by atoms with Gasteiger partial charge in [-0.2, -0.15) is 0 Å². The zero-order valence-electron chi connectivity index (χ0n) is 5.16. The van der Waals surface area contributed by atoms with E-state index in [0.29, 0.717) is 18.9 Å². The van der Waals surface area contributed by atoms with Gasteiger partial charge in [-0.15, -0.1) is 17.5 Å². The molecule has 0 spiro atoms. The average Bonchev–Trinajstić information content (AvgIpc) is 2.17. The molecule has 1 aromatic rings. The third kappa shape index (κ3) is 2.20. The van der Waals surface area contributed by atoms with Gasteiger partial charge in [0.15, 0.2) is 0 Å². The van der Waals surface area contributed by atoms with E-state index in [1.54, 1.807) is 0 Å². The number of aromatic nitrogens is 2. The monoisotopic (exact) mass is 165 g/mol. The quantitative estimate of drug-likeness (QED) is 0.606. The first-order valence-electron chi connectivity index (χ1n) is 2.57. The van der Waals surface area contributed by atoms with E-state index in [9.17, 15) is 4.79 Å². The van der Waals surface area contributed by atoms with Crippen LogP contribution in [0.1, 0.15) is 5.89 Å². The highest BCUT2D eigenvalue weighted by molar-refractivity contribution is 5.85. The molecular weight excluding hydrogens is 158 g/mol. The van der Waals surface area contributed by atoms with Crippen LogP contribution < -0.4 is 11.5 Å². The molecule has 0 radical (unpaired) electrons. The lowest BCUT2D eigenvalue weighted by molar-refractivity contribution is 0.463. The zero-order chi connectivity index (χ0) is 6.69. The fraction of sp³-hybridized carbons (Fsp3) is 0.500. The third-order valence-corrected chi connectivity index (χ3v) is 0.841. The SMILES string of the molecule is Cl.NCCc1n[nH]c(=O)o1. The summed E-state index contributed by atoms with van der Waals surface area (Å²) in [6, 6.07) is 0. The highest BCUT2D eigenvalue weighted by Gasteiger charge is 1.96. The molecule has 3 N–H and O–H groups in total. The van der Waals surface area contributed by atoms with Gasteiger partial charge in [0.25, 0.3) is 0 Å². The number of nitrogens with one attached hydrogen (secondary N) is 1. The highest BCUT2D eigenvalue weighted by Crippen LogP contribution is 1.84. The molecule has 0 aliphatic heterocycles. The smallest absolute Gasteiger partial charge is 0.392 e. The average molecular weight is 166 g/mol. The van der Waals surface area contributed by atoms with Crippen molar-refractivity contribution in [2.75, 3.05) is 6.54 Å². The van der Waals surface area contributed by atoms with E-state index in [1.165, 1.54) is 0 Å². The van der Waals surface area contributed by atoms with Crippen molar-refractivity contribution in [3.05, 3.63) is 16.4 Å². The van der Waals surface area contributed by atoms with Crippen molar-refractivity contribution < 1.29 is 4.42 Å². The predicted octanol–water partition coefficient (Wildman–Crippen LogP) is -0.714. The van der Waals surface area contributed by atoms with Crippen molar-refractivity contribution in [2.45, 2.75) is 6.42 Å². The van der Waals surface area contributed by atoms with Gasteiger partial charge < -0.3 is 10.2 Å². The van der Waals surface area contributed by atoms with Crippen LogP contribution in [0.5, 0.6) is 0 Å². The summed E-state index contributed by atoms with van der Waals surface area (Å²) in [5.74, 6) is -0.166. The topological polar surface area (TPSA) is 84.9 Å². The van der Waals surface area contributed by atoms with E-state index in [-0.39, 0.29) is 12.4 Å². The Bertz CT molecular complexity index is 230.